The van der Waals surface area contributed by atoms with E-state index in [0.717, 1.165) is 50.3 Å². The van der Waals surface area contributed by atoms with Crippen LogP contribution in [0.1, 0.15) is 44.2 Å². The van der Waals surface area contributed by atoms with Gasteiger partial charge in [0, 0.05) is 18.6 Å². The van der Waals surface area contributed by atoms with Crippen LogP contribution in [0.25, 0.3) is 0 Å². The monoisotopic (exact) mass is 314 g/mol. The summed E-state index contributed by atoms with van der Waals surface area (Å²) in [6, 6.07) is 2.31. The van der Waals surface area contributed by atoms with E-state index < -0.39 is 17.5 Å². The Morgan fingerprint density at radius 2 is 1.64 bits per heavy atom. The fraction of sp³-hybridized carbons (Fsp3) is 0.647. The summed E-state index contributed by atoms with van der Waals surface area (Å²) >= 11 is 0. The molecule has 1 aliphatic carbocycles. The molecule has 22 heavy (non-hydrogen) atoms. The summed E-state index contributed by atoms with van der Waals surface area (Å²) in [6.07, 6.45) is 4.45. The molecule has 1 aliphatic rings. The maximum atomic E-state index is 13.3. The van der Waals surface area contributed by atoms with Gasteiger partial charge < -0.3 is 10.2 Å². The second-order valence-corrected chi connectivity index (χ2v) is 6.67. The first-order valence-corrected chi connectivity index (χ1v) is 7.92. The van der Waals surface area contributed by atoms with Gasteiger partial charge in [0.2, 0.25) is 0 Å². The summed E-state index contributed by atoms with van der Waals surface area (Å²) in [5.74, 6) is -2.93. The zero-order valence-electron chi connectivity index (χ0n) is 13.5. The van der Waals surface area contributed by atoms with E-state index in [1.54, 1.807) is 0 Å². The minimum atomic E-state index is -1.40. The van der Waals surface area contributed by atoms with Crippen LogP contribution in [0.3, 0.4) is 0 Å². The summed E-state index contributed by atoms with van der Waals surface area (Å²) < 4.78 is 39.6. The smallest absolute Gasteiger partial charge is 0.194 e. The Balaban J connectivity index is 1.89. The first-order valence-electron chi connectivity index (χ1n) is 7.92. The molecule has 1 N–H and O–H groups in total. The normalized spacial score (nSPS) is 23.8. The van der Waals surface area contributed by atoms with Gasteiger partial charge >= 0.3 is 0 Å². The van der Waals surface area contributed by atoms with E-state index >= 15 is 0 Å². The molecular formula is C17H25F3N2. The molecule has 1 saturated carbocycles. The SMILES string of the molecule is C[C@@H](NC1CCC(CN(C)C)CC1)c1cc(F)c(F)c(F)c1. The molecule has 1 atom stereocenters. The molecule has 0 aliphatic heterocycles. The molecule has 0 aromatic heterocycles. The Morgan fingerprint density at radius 1 is 1.09 bits per heavy atom. The standard InChI is InChI=1S/C17H25F3N2/c1-11(13-8-15(18)17(20)16(19)9-13)21-14-6-4-12(5-7-14)10-22(2)3/h8-9,11-12,14,21H,4-7,10H2,1-3H3/t11-,12?,14?/m1/s1. The lowest BCUT2D eigenvalue weighted by molar-refractivity contribution is 0.228. The molecular weight excluding hydrogens is 289 g/mol. The van der Waals surface area contributed by atoms with Crippen LogP contribution in [-0.2, 0) is 0 Å². The molecule has 124 valence electrons. The largest absolute Gasteiger partial charge is 0.309 e. The quantitative estimate of drug-likeness (QED) is 0.830. The van der Waals surface area contributed by atoms with Crippen molar-refractivity contribution in [2.45, 2.75) is 44.7 Å². The number of nitrogens with zero attached hydrogens (tertiary/aromatic N) is 1. The number of hydrogen-bond donors (Lipinski definition) is 1. The molecule has 0 unspecified atom stereocenters. The molecule has 0 radical (unpaired) electrons. The van der Waals surface area contributed by atoms with Crippen molar-refractivity contribution in [3.8, 4) is 0 Å². The summed E-state index contributed by atoms with van der Waals surface area (Å²) in [5.41, 5.74) is 0.451. The van der Waals surface area contributed by atoms with E-state index in [4.69, 9.17) is 0 Å². The van der Waals surface area contributed by atoms with Gasteiger partial charge in [-0.1, -0.05) is 0 Å². The molecule has 0 bridgehead atoms. The van der Waals surface area contributed by atoms with Crippen LogP contribution in [0.15, 0.2) is 12.1 Å². The van der Waals surface area contributed by atoms with Crippen molar-refractivity contribution in [2.24, 2.45) is 5.92 Å². The summed E-state index contributed by atoms with van der Waals surface area (Å²) in [4.78, 5) is 2.21. The van der Waals surface area contributed by atoms with Gasteiger partial charge in [0.15, 0.2) is 17.5 Å². The first-order chi connectivity index (χ1) is 10.4. The third-order valence-electron chi connectivity index (χ3n) is 4.46. The summed E-state index contributed by atoms with van der Waals surface area (Å²) in [6.45, 7) is 2.97. The Kier molecular flexibility index (Phi) is 5.87. The predicted molar refractivity (Wildman–Crippen MR) is 82.2 cm³/mol. The van der Waals surface area contributed by atoms with Gasteiger partial charge in [0.25, 0.3) is 0 Å². The molecule has 1 aromatic rings. The highest BCUT2D eigenvalue weighted by Crippen LogP contribution is 2.27. The second-order valence-electron chi connectivity index (χ2n) is 6.67. The van der Waals surface area contributed by atoms with E-state index in [1.165, 1.54) is 0 Å². The maximum absolute atomic E-state index is 13.3. The Morgan fingerprint density at radius 3 is 2.14 bits per heavy atom. The molecule has 0 heterocycles. The highest BCUT2D eigenvalue weighted by atomic mass is 19.2. The van der Waals surface area contributed by atoms with Crippen LogP contribution in [0, 0.1) is 23.4 Å². The highest BCUT2D eigenvalue weighted by molar-refractivity contribution is 5.22. The topological polar surface area (TPSA) is 15.3 Å². The van der Waals surface area contributed by atoms with Crippen LogP contribution < -0.4 is 5.32 Å². The minimum absolute atomic E-state index is 0.194. The van der Waals surface area contributed by atoms with Gasteiger partial charge in [-0.2, -0.15) is 0 Å². The lowest BCUT2D eigenvalue weighted by Gasteiger charge is -2.32. The molecule has 5 heteroatoms. The average Bonchev–Trinajstić information content (AvgIpc) is 2.45. The van der Waals surface area contributed by atoms with Crippen molar-refractivity contribution < 1.29 is 13.2 Å². The Hall–Kier alpha value is -1.07. The van der Waals surface area contributed by atoms with Crippen molar-refractivity contribution in [2.75, 3.05) is 20.6 Å². The van der Waals surface area contributed by atoms with Crippen LogP contribution in [0.2, 0.25) is 0 Å². The maximum Gasteiger partial charge on any atom is 0.194 e. The predicted octanol–water partition coefficient (Wildman–Crippen LogP) is 3.87. The fourth-order valence-corrected chi connectivity index (χ4v) is 3.30. The zero-order valence-corrected chi connectivity index (χ0v) is 13.5. The fourth-order valence-electron chi connectivity index (χ4n) is 3.30. The molecule has 1 aromatic carbocycles. The van der Waals surface area contributed by atoms with Gasteiger partial charge in [-0.25, -0.2) is 13.2 Å². The van der Waals surface area contributed by atoms with E-state index in [1.807, 2.05) is 6.92 Å². The number of rotatable bonds is 5. The number of nitrogens with one attached hydrogen (secondary N) is 1. The van der Waals surface area contributed by atoms with Crippen LogP contribution in [0.4, 0.5) is 13.2 Å². The Labute approximate surface area is 130 Å². The number of benzene rings is 1. The zero-order chi connectivity index (χ0) is 16.3. The molecule has 0 spiro atoms. The molecule has 0 saturated heterocycles. The van der Waals surface area contributed by atoms with Gasteiger partial charge in [-0.3, -0.25) is 0 Å². The minimum Gasteiger partial charge on any atom is -0.309 e. The van der Waals surface area contributed by atoms with E-state index in [9.17, 15) is 13.2 Å². The molecule has 1 fully saturated rings. The molecule has 2 rings (SSSR count). The van der Waals surface area contributed by atoms with Gasteiger partial charge in [-0.15, -0.1) is 0 Å². The summed E-state index contributed by atoms with van der Waals surface area (Å²) in [5, 5.41) is 3.41. The van der Waals surface area contributed by atoms with Crippen molar-refractivity contribution in [3.05, 3.63) is 35.1 Å². The van der Waals surface area contributed by atoms with Crippen LogP contribution >= 0.6 is 0 Å². The van der Waals surface area contributed by atoms with Gasteiger partial charge in [0.05, 0.1) is 0 Å². The van der Waals surface area contributed by atoms with Crippen molar-refractivity contribution in [3.63, 3.8) is 0 Å². The van der Waals surface area contributed by atoms with E-state index in [-0.39, 0.29) is 6.04 Å². The summed E-state index contributed by atoms with van der Waals surface area (Å²) in [7, 11) is 4.17. The van der Waals surface area contributed by atoms with E-state index in [0.29, 0.717) is 11.6 Å². The first kappa shape index (κ1) is 17.3. The van der Waals surface area contributed by atoms with Crippen molar-refractivity contribution >= 4 is 0 Å². The Bertz CT molecular complexity index is 474. The number of halogens is 3. The van der Waals surface area contributed by atoms with Crippen molar-refractivity contribution in [1.29, 1.82) is 0 Å². The lowest BCUT2D eigenvalue weighted by atomic mass is 9.85. The number of hydrogen-bond acceptors (Lipinski definition) is 2. The van der Waals surface area contributed by atoms with Crippen molar-refractivity contribution in [1.82, 2.24) is 10.2 Å². The third-order valence-corrected chi connectivity index (χ3v) is 4.46. The highest BCUT2D eigenvalue weighted by Gasteiger charge is 2.23. The second kappa shape index (κ2) is 7.47. The van der Waals surface area contributed by atoms with Crippen LogP contribution in [0.5, 0.6) is 0 Å². The van der Waals surface area contributed by atoms with Gasteiger partial charge in [0.1, 0.15) is 0 Å². The van der Waals surface area contributed by atoms with Gasteiger partial charge in [-0.05, 0) is 70.3 Å². The van der Waals surface area contributed by atoms with Crippen LogP contribution in [-0.4, -0.2) is 31.6 Å². The van der Waals surface area contributed by atoms with E-state index in [2.05, 4.69) is 24.3 Å². The lowest BCUT2D eigenvalue weighted by Crippen LogP contribution is -2.37. The average molecular weight is 314 g/mol. The molecule has 2 nitrogen and oxygen atoms in total. The molecule has 0 amide bonds. The third kappa shape index (κ3) is 4.46.